The highest BCUT2D eigenvalue weighted by Gasteiger charge is 2.20. The van der Waals surface area contributed by atoms with Crippen LogP contribution in [0.25, 0.3) is 0 Å². The second-order valence-corrected chi connectivity index (χ2v) is 7.34. The lowest BCUT2D eigenvalue weighted by Gasteiger charge is -2.36. The van der Waals surface area contributed by atoms with Crippen LogP contribution in [0.2, 0.25) is 0 Å². The van der Waals surface area contributed by atoms with Crippen LogP contribution in [0, 0.1) is 0 Å². The quantitative estimate of drug-likeness (QED) is 0.588. The maximum Gasteiger partial charge on any atom is 0.239 e. The molecule has 27 heavy (non-hydrogen) atoms. The lowest BCUT2D eigenvalue weighted by Crippen LogP contribution is -2.53. The number of rotatable bonds is 6. The zero-order valence-electron chi connectivity index (χ0n) is 15.7. The summed E-state index contributed by atoms with van der Waals surface area (Å²) >= 11 is 1.77. The fraction of sp³-hybridized carbons (Fsp3) is 0.400. The molecule has 0 radical (unpaired) electrons. The number of hydrogen-bond acceptors (Lipinski definition) is 4. The van der Waals surface area contributed by atoms with Crippen LogP contribution in [0.4, 0.5) is 5.00 Å². The summed E-state index contributed by atoms with van der Waals surface area (Å²) in [5.74, 6) is 0.781. The molecule has 2 N–H and O–H groups in total. The number of aliphatic imine (C=N–C) groups is 1. The molecular formula is C20H27N5OS. The summed E-state index contributed by atoms with van der Waals surface area (Å²) in [4.78, 5) is 21.0. The average molecular weight is 386 g/mol. The van der Waals surface area contributed by atoms with E-state index in [0.29, 0.717) is 6.54 Å². The standard InChI is InChI=1S/C20H27N5OS/c1-21-20(25-13-11-24(12-14-25)19-8-5-15-27-19)23-16-18(26)22-10-9-17-6-3-2-4-7-17/h2-8,15H,9-14,16H2,1H3,(H,21,23)(H,22,26). The first-order valence-corrected chi connectivity index (χ1v) is 10.2. The number of carbonyl (C=O) groups excluding carboxylic acids is 1. The first-order valence-electron chi connectivity index (χ1n) is 9.31. The van der Waals surface area contributed by atoms with Gasteiger partial charge >= 0.3 is 0 Å². The maximum absolute atomic E-state index is 12.1. The van der Waals surface area contributed by atoms with Crippen molar-refractivity contribution in [1.82, 2.24) is 15.5 Å². The lowest BCUT2D eigenvalue weighted by atomic mass is 10.1. The summed E-state index contributed by atoms with van der Waals surface area (Å²) in [6.07, 6.45) is 0.839. The van der Waals surface area contributed by atoms with E-state index >= 15 is 0 Å². The molecule has 2 heterocycles. The molecule has 6 nitrogen and oxygen atoms in total. The van der Waals surface area contributed by atoms with Gasteiger partial charge in [-0.15, -0.1) is 11.3 Å². The van der Waals surface area contributed by atoms with Gasteiger partial charge < -0.3 is 20.4 Å². The van der Waals surface area contributed by atoms with E-state index in [1.54, 1.807) is 18.4 Å². The Bertz CT molecular complexity index is 724. The molecule has 1 saturated heterocycles. The van der Waals surface area contributed by atoms with Crippen LogP contribution >= 0.6 is 11.3 Å². The van der Waals surface area contributed by atoms with Gasteiger partial charge in [-0.2, -0.15) is 0 Å². The van der Waals surface area contributed by atoms with Gasteiger partial charge in [0.1, 0.15) is 0 Å². The van der Waals surface area contributed by atoms with E-state index in [-0.39, 0.29) is 12.5 Å². The van der Waals surface area contributed by atoms with Crippen molar-refractivity contribution in [2.75, 3.05) is 51.2 Å². The van der Waals surface area contributed by atoms with Crippen LogP contribution in [-0.4, -0.2) is 63.1 Å². The van der Waals surface area contributed by atoms with E-state index in [0.717, 1.165) is 38.6 Å². The molecule has 1 aliphatic rings. The third-order valence-electron chi connectivity index (χ3n) is 4.59. The summed E-state index contributed by atoms with van der Waals surface area (Å²) in [5.41, 5.74) is 1.23. The highest BCUT2D eigenvalue weighted by Crippen LogP contribution is 2.22. The Kier molecular flexibility index (Phi) is 7.10. The second kappa shape index (κ2) is 9.97. The van der Waals surface area contributed by atoms with Gasteiger partial charge in [-0.3, -0.25) is 9.79 Å². The Morgan fingerprint density at radius 1 is 1.07 bits per heavy atom. The highest BCUT2D eigenvalue weighted by atomic mass is 32.1. The van der Waals surface area contributed by atoms with Crippen LogP contribution < -0.4 is 15.5 Å². The number of thiophene rings is 1. The number of nitrogens with zero attached hydrogens (tertiary/aromatic N) is 3. The second-order valence-electron chi connectivity index (χ2n) is 6.41. The van der Waals surface area contributed by atoms with Crippen molar-refractivity contribution in [3.05, 3.63) is 53.4 Å². The minimum absolute atomic E-state index is 0.00990. The molecule has 0 aliphatic carbocycles. The van der Waals surface area contributed by atoms with E-state index in [1.165, 1.54) is 10.6 Å². The summed E-state index contributed by atoms with van der Waals surface area (Å²) in [5, 5.41) is 9.57. The first-order chi connectivity index (χ1) is 13.3. The Morgan fingerprint density at radius 2 is 1.85 bits per heavy atom. The fourth-order valence-corrected chi connectivity index (χ4v) is 3.92. The van der Waals surface area contributed by atoms with Gasteiger partial charge in [0.05, 0.1) is 11.5 Å². The van der Waals surface area contributed by atoms with E-state index in [2.05, 4.69) is 55.1 Å². The van der Waals surface area contributed by atoms with Gasteiger partial charge in [-0.1, -0.05) is 30.3 Å². The van der Waals surface area contributed by atoms with Crippen molar-refractivity contribution in [3.63, 3.8) is 0 Å². The monoisotopic (exact) mass is 385 g/mol. The molecule has 0 atom stereocenters. The molecule has 1 aromatic heterocycles. The summed E-state index contributed by atoms with van der Waals surface area (Å²) < 4.78 is 0. The van der Waals surface area contributed by atoms with Crippen molar-refractivity contribution in [3.8, 4) is 0 Å². The number of guanidine groups is 1. The van der Waals surface area contributed by atoms with E-state index in [1.807, 2.05) is 18.2 Å². The number of hydrogen-bond donors (Lipinski definition) is 2. The Labute approximate surface area is 164 Å². The summed E-state index contributed by atoms with van der Waals surface area (Å²) in [6.45, 7) is 4.60. The smallest absolute Gasteiger partial charge is 0.239 e. The Morgan fingerprint density at radius 3 is 2.52 bits per heavy atom. The maximum atomic E-state index is 12.1. The molecule has 0 unspecified atom stereocenters. The SMILES string of the molecule is CN=C(NCC(=O)NCCc1ccccc1)N1CCN(c2cccs2)CC1. The number of anilines is 1. The predicted octanol–water partition coefficient (Wildman–Crippen LogP) is 1.80. The van der Waals surface area contributed by atoms with Gasteiger partial charge in [0.25, 0.3) is 0 Å². The molecule has 0 spiro atoms. The number of carbonyl (C=O) groups is 1. The van der Waals surface area contributed by atoms with Crippen LogP contribution in [0.1, 0.15) is 5.56 Å². The van der Waals surface area contributed by atoms with E-state index < -0.39 is 0 Å². The largest absolute Gasteiger partial charge is 0.360 e. The molecule has 7 heteroatoms. The van der Waals surface area contributed by atoms with Crippen molar-refractivity contribution in [1.29, 1.82) is 0 Å². The van der Waals surface area contributed by atoms with E-state index in [4.69, 9.17) is 0 Å². The van der Waals surface area contributed by atoms with E-state index in [9.17, 15) is 4.79 Å². The molecule has 1 fully saturated rings. The number of nitrogens with one attached hydrogen (secondary N) is 2. The summed E-state index contributed by atoms with van der Waals surface area (Å²) in [6, 6.07) is 14.4. The Balaban J connectivity index is 1.37. The van der Waals surface area contributed by atoms with Gasteiger partial charge in [0.15, 0.2) is 5.96 Å². The molecule has 2 aromatic rings. The van der Waals surface area contributed by atoms with Gasteiger partial charge in [-0.05, 0) is 29.5 Å². The molecule has 0 saturated carbocycles. The topological polar surface area (TPSA) is 60.0 Å². The minimum atomic E-state index is -0.00990. The molecule has 1 aliphatic heterocycles. The minimum Gasteiger partial charge on any atom is -0.360 e. The predicted molar refractivity (Wildman–Crippen MR) is 113 cm³/mol. The van der Waals surface area contributed by atoms with Crippen LogP contribution in [0.15, 0.2) is 52.8 Å². The van der Waals surface area contributed by atoms with Crippen molar-refractivity contribution in [2.24, 2.45) is 4.99 Å². The molecule has 3 rings (SSSR count). The molecule has 144 valence electrons. The number of amides is 1. The lowest BCUT2D eigenvalue weighted by molar-refractivity contribution is -0.120. The zero-order chi connectivity index (χ0) is 18.9. The summed E-state index contributed by atoms with van der Waals surface area (Å²) in [7, 11) is 1.77. The molecule has 1 amide bonds. The van der Waals surface area contributed by atoms with Crippen molar-refractivity contribution in [2.45, 2.75) is 6.42 Å². The fourth-order valence-electron chi connectivity index (χ4n) is 3.13. The Hall–Kier alpha value is -2.54. The van der Waals surface area contributed by atoms with Gasteiger partial charge in [0, 0.05) is 39.8 Å². The van der Waals surface area contributed by atoms with Crippen LogP contribution in [0.3, 0.4) is 0 Å². The number of benzene rings is 1. The molecule has 0 bridgehead atoms. The molecular weight excluding hydrogens is 358 g/mol. The highest BCUT2D eigenvalue weighted by molar-refractivity contribution is 7.14. The first kappa shape index (κ1) is 19.2. The van der Waals surface area contributed by atoms with Crippen LogP contribution in [0.5, 0.6) is 0 Å². The third-order valence-corrected chi connectivity index (χ3v) is 5.52. The number of piperazine rings is 1. The van der Waals surface area contributed by atoms with Gasteiger partial charge in [-0.25, -0.2) is 0 Å². The third kappa shape index (κ3) is 5.72. The van der Waals surface area contributed by atoms with Crippen molar-refractivity contribution < 1.29 is 4.79 Å². The van der Waals surface area contributed by atoms with Crippen molar-refractivity contribution >= 4 is 28.2 Å². The molecule has 1 aromatic carbocycles. The zero-order valence-corrected chi connectivity index (χ0v) is 16.5. The van der Waals surface area contributed by atoms with Gasteiger partial charge in [0.2, 0.25) is 5.91 Å². The van der Waals surface area contributed by atoms with Crippen LogP contribution in [-0.2, 0) is 11.2 Å². The normalized spacial score (nSPS) is 14.9. The average Bonchev–Trinajstić information content (AvgIpc) is 3.25.